The van der Waals surface area contributed by atoms with E-state index in [4.69, 9.17) is 0 Å². The Labute approximate surface area is 139 Å². The van der Waals surface area contributed by atoms with E-state index >= 15 is 0 Å². The average Bonchev–Trinajstić information content (AvgIpc) is 2.63. The molecule has 4 nitrogen and oxygen atoms in total. The third-order valence-corrected chi connectivity index (χ3v) is 3.76. The minimum atomic E-state index is -0.477. The Balaban J connectivity index is 2.03. The summed E-state index contributed by atoms with van der Waals surface area (Å²) in [6.07, 6.45) is 0.0106. The van der Waals surface area contributed by atoms with Gasteiger partial charge in [0.2, 0.25) is 0 Å². The van der Waals surface area contributed by atoms with E-state index in [1.165, 1.54) is 0 Å². The van der Waals surface area contributed by atoms with Gasteiger partial charge in [-0.2, -0.15) is 5.26 Å². The Morgan fingerprint density at radius 1 is 1.00 bits per heavy atom. The summed E-state index contributed by atoms with van der Waals surface area (Å²) in [6.45, 7) is 0. The van der Waals surface area contributed by atoms with Crippen LogP contribution in [-0.4, -0.2) is 10.8 Å². The topological polar surface area (TPSA) is 73.7 Å². The zero-order valence-corrected chi connectivity index (χ0v) is 12.8. The number of nitrogens with zero attached hydrogens (tertiary/aromatic N) is 1. The Kier molecular flexibility index (Phi) is 4.35. The molecular formula is C20H14N2O2. The molecule has 0 amide bonds. The van der Waals surface area contributed by atoms with Gasteiger partial charge in [-0.3, -0.25) is 9.59 Å². The summed E-state index contributed by atoms with van der Waals surface area (Å²) < 4.78 is 0. The predicted molar refractivity (Wildman–Crippen MR) is 91.7 cm³/mol. The van der Waals surface area contributed by atoms with Crippen LogP contribution in [0.2, 0.25) is 0 Å². The average molecular weight is 314 g/mol. The number of Topliss-reactive ketones (excluding diaryl/α,β-unsaturated/α-hetero) is 1. The summed E-state index contributed by atoms with van der Waals surface area (Å²) in [5, 5.41) is 9.26. The zero-order valence-electron chi connectivity index (χ0n) is 12.8. The number of hydrogen-bond acceptors (Lipinski definition) is 3. The SMILES string of the molecule is N#Cc1c(CC(=O)c2ccccc2)cc(-c2ccccc2)[nH]c1=O. The summed E-state index contributed by atoms with van der Waals surface area (Å²) in [6, 6.07) is 21.8. The second-order valence-corrected chi connectivity index (χ2v) is 5.36. The highest BCUT2D eigenvalue weighted by molar-refractivity contribution is 5.97. The van der Waals surface area contributed by atoms with Crippen LogP contribution in [0.1, 0.15) is 21.5 Å². The molecule has 0 bridgehead atoms. The lowest BCUT2D eigenvalue weighted by Gasteiger charge is -2.07. The third-order valence-electron chi connectivity index (χ3n) is 3.76. The van der Waals surface area contributed by atoms with E-state index in [2.05, 4.69) is 4.98 Å². The summed E-state index contributed by atoms with van der Waals surface area (Å²) >= 11 is 0. The van der Waals surface area contributed by atoms with Crippen LogP contribution in [-0.2, 0) is 6.42 Å². The Morgan fingerprint density at radius 3 is 2.25 bits per heavy atom. The summed E-state index contributed by atoms with van der Waals surface area (Å²) in [7, 11) is 0. The molecule has 0 saturated carbocycles. The molecule has 4 heteroatoms. The van der Waals surface area contributed by atoms with Crippen LogP contribution < -0.4 is 5.56 Å². The summed E-state index contributed by atoms with van der Waals surface area (Å²) in [5.74, 6) is -0.128. The molecule has 0 aliphatic heterocycles. The van der Waals surface area contributed by atoms with E-state index in [9.17, 15) is 14.9 Å². The zero-order chi connectivity index (χ0) is 16.9. The molecule has 116 valence electrons. The van der Waals surface area contributed by atoms with Crippen molar-refractivity contribution in [3.05, 3.63) is 93.8 Å². The van der Waals surface area contributed by atoms with Crippen molar-refractivity contribution in [2.45, 2.75) is 6.42 Å². The van der Waals surface area contributed by atoms with Crippen molar-refractivity contribution in [2.24, 2.45) is 0 Å². The fraction of sp³-hybridized carbons (Fsp3) is 0.0500. The lowest BCUT2D eigenvalue weighted by atomic mass is 9.98. The number of ketones is 1. The van der Waals surface area contributed by atoms with Gasteiger partial charge in [-0.1, -0.05) is 60.7 Å². The first kappa shape index (κ1) is 15.4. The van der Waals surface area contributed by atoms with Crippen molar-refractivity contribution in [2.75, 3.05) is 0 Å². The number of carbonyl (C=O) groups excluding carboxylic acids is 1. The van der Waals surface area contributed by atoms with E-state index in [0.717, 1.165) is 5.56 Å². The number of nitrogens with one attached hydrogen (secondary N) is 1. The van der Waals surface area contributed by atoms with Gasteiger partial charge in [0.1, 0.15) is 11.6 Å². The van der Waals surface area contributed by atoms with Crippen molar-refractivity contribution in [1.82, 2.24) is 4.98 Å². The standard InChI is InChI=1S/C20H14N2O2/c21-13-17-16(12-19(23)15-9-5-2-6-10-15)11-18(22-20(17)24)14-7-3-1-4-8-14/h1-11H,12H2,(H,22,24). The first-order chi connectivity index (χ1) is 11.7. The van der Waals surface area contributed by atoms with Crippen LogP contribution in [0.15, 0.2) is 71.5 Å². The molecule has 0 aliphatic rings. The lowest BCUT2D eigenvalue weighted by molar-refractivity contribution is 0.0993. The van der Waals surface area contributed by atoms with Gasteiger partial charge in [-0.25, -0.2) is 0 Å². The minimum absolute atomic E-state index is 0.0106. The molecule has 1 aromatic heterocycles. The van der Waals surface area contributed by atoms with Crippen molar-refractivity contribution in [3.8, 4) is 17.3 Å². The van der Waals surface area contributed by atoms with Crippen LogP contribution in [0.25, 0.3) is 11.3 Å². The third kappa shape index (κ3) is 3.16. The van der Waals surface area contributed by atoms with Gasteiger partial charge >= 0.3 is 0 Å². The molecule has 1 N–H and O–H groups in total. The molecule has 0 aliphatic carbocycles. The van der Waals surface area contributed by atoms with Gasteiger partial charge in [0.25, 0.3) is 5.56 Å². The molecule has 0 radical (unpaired) electrons. The van der Waals surface area contributed by atoms with Crippen molar-refractivity contribution in [1.29, 1.82) is 5.26 Å². The maximum absolute atomic E-state index is 12.4. The van der Waals surface area contributed by atoms with Gasteiger partial charge in [-0.05, 0) is 17.2 Å². The first-order valence-corrected chi connectivity index (χ1v) is 7.49. The number of pyridine rings is 1. The number of hydrogen-bond donors (Lipinski definition) is 1. The highest BCUT2D eigenvalue weighted by atomic mass is 16.1. The number of H-pyrrole nitrogens is 1. The highest BCUT2D eigenvalue weighted by Crippen LogP contribution is 2.19. The molecule has 0 saturated heterocycles. The minimum Gasteiger partial charge on any atom is -0.321 e. The van der Waals surface area contributed by atoms with E-state index in [1.54, 1.807) is 30.3 Å². The van der Waals surface area contributed by atoms with Crippen molar-refractivity contribution >= 4 is 5.78 Å². The van der Waals surface area contributed by atoms with Crippen LogP contribution in [0.5, 0.6) is 0 Å². The predicted octanol–water partition coefficient (Wildman–Crippen LogP) is 3.34. The first-order valence-electron chi connectivity index (χ1n) is 7.49. The van der Waals surface area contributed by atoms with Crippen LogP contribution in [0, 0.1) is 11.3 Å². The smallest absolute Gasteiger partial charge is 0.266 e. The van der Waals surface area contributed by atoms with Gasteiger partial charge in [0.05, 0.1) is 0 Å². The number of rotatable bonds is 4. The molecule has 0 spiro atoms. The van der Waals surface area contributed by atoms with Crippen molar-refractivity contribution < 1.29 is 4.79 Å². The number of aromatic amines is 1. The molecule has 24 heavy (non-hydrogen) atoms. The molecule has 1 heterocycles. The van der Waals surface area contributed by atoms with E-state index in [1.807, 2.05) is 42.5 Å². The van der Waals surface area contributed by atoms with Gasteiger partial charge in [0, 0.05) is 17.7 Å². The van der Waals surface area contributed by atoms with E-state index < -0.39 is 5.56 Å². The normalized spacial score (nSPS) is 10.1. The van der Waals surface area contributed by atoms with Crippen LogP contribution >= 0.6 is 0 Å². The monoisotopic (exact) mass is 314 g/mol. The highest BCUT2D eigenvalue weighted by Gasteiger charge is 2.14. The van der Waals surface area contributed by atoms with Crippen molar-refractivity contribution in [3.63, 3.8) is 0 Å². The maximum atomic E-state index is 12.4. The van der Waals surface area contributed by atoms with E-state index in [-0.39, 0.29) is 17.8 Å². The number of nitriles is 1. The molecule has 3 aromatic rings. The van der Waals surface area contributed by atoms with Gasteiger partial charge in [-0.15, -0.1) is 0 Å². The summed E-state index contributed by atoms with van der Waals surface area (Å²) in [4.78, 5) is 27.3. The fourth-order valence-electron chi connectivity index (χ4n) is 2.55. The number of benzene rings is 2. The maximum Gasteiger partial charge on any atom is 0.266 e. The second kappa shape index (κ2) is 6.76. The Hall–Kier alpha value is -3.45. The summed E-state index contributed by atoms with van der Waals surface area (Å²) in [5.41, 5.74) is 1.92. The number of aromatic nitrogens is 1. The molecular weight excluding hydrogens is 300 g/mol. The van der Waals surface area contributed by atoms with E-state index in [0.29, 0.717) is 16.8 Å². The fourth-order valence-corrected chi connectivity index (χ4v) is 2.55. The molecule has 0 atom stereocenters. The molecule has 0 unspecified atom stereocenters. The largest absolute Gasteiger partial charge is 0.321 e. The van der Waals surface area contributed by atoms with Gasteiger partial charge < -0.3 is 4.98 Å². The van der Waals surface area contributed by atoms with Crippen LogP contribution in [0.4, 0.5) is 0 Å². The second-order valence-electron chi connectivity index (χ2n) is 5.36. The molecule has 0 fully saturated rings. The molecule has 2 aromatic carbocycles. The Bertz CT molecular complexity index is 968. The number of carbonyl (C=O) groups is 1. The molecule has 3 rings (SSSR count). The lowest BCUT2D eigenvalue weighted by Crippen LogP contribution is -2.16. The quantitative estimate of drug-likeness (QED) is 0.751. The Morgan fingerprint density at radius 2 is 1.62 bits per heavy atom. The van der Waals surface area contributed by atoms with Gasteiger partial charge in [0.15, 0.2) is 5.78 Å². The van der Waals surface area contributed by atoms with Crippen LogP contribution in [0.3, 0.4) is 0 Å².